The van der Waals surface area contributed by atoms with Crippen LogP contribution in [0.2, 0.25) is 0 Å². The van der Waals surface area contributed by atoms with Crippen molar-refractivity contribution in [2.45, 2.75) is 39.2 Å². The van der Waals surface area contributed by atoms with Gasteiger partial charge in [0.1, 0.15) is 11.9 Å². The van der Waals surface area contributed by atoms with Crippen molar-refractivity contribution in [1.29, 1.82) is 5.26 Å². The maximum absolute atomic E-state index is 10.0. The lowest BCUT2D eigenvalue weighted by Gasteiger charge is -2.09. The van der Waals surface area contributed by atoms with E-state index in [-0.39, 0.29) is 5.75 Å². The Morgan fingerprint density at radius 2 is 2.24 bits per heavy atom. The summed E-state index contributed by atoms with van der Waals surface area (Å²) in [6, 6.07) is 5.68. The zero-order valence-electron chi connectivity index (χ0n) is 14.0. The lowest BCUT2D eigenvalue weighted by molar-refractivity contribution is 0.317. The second-order valence-corrected chi connectivity index (χ2v) is 6.71. The molecular formula is C18H19BrN4O2. The van der Waals surface area contributed by atoms with E-state index in [1.165, 1.54) is 0 Å². The molecule has 0 saturated heterocycles. The van der Waals surface area contributed by atoms with Crippen LogP contribution in [0.4, 0.5) is 0 Å². The Hall–Kier alpha value is -2.33. The SMILES string of the molecule is CCOc1cc(/C=C(\C#N)c2nnc3n2CCCCC3)cc(Br)c1O. The number of nitriles is 1. The van der Waals surface area contributed by atoms with Crippen LogP contribution in [0, 0.1) is 11.3 Å². The maximum Gasteiger partial charge on any atom is 0.174 e. The Bertz CT molecular complexity index is 851. The second-order valence-electron chi connectivity index (χ2n) is 5.85. The predicted octanol–water partition coefficient (Wildman–Crippen LogP) is 3.94. The summed E-state index contributed by atoms with van der Waals surface area (Å²) in [4.78, 5) is 0. The number of ether oxygens (including phenoxy) is 1. The van der Waals surface area contributed by atoms with Crippen molar-refractivity contribution in [3.8, 4) is 17.6 Å². The summed E-state index contributed by atoms with van der Waals surface area (Å²) in [5, 5.41) is 28.2. The summed E-state index contributed by atoms with van der Waals surface area (Å²) in [7, 11) is 0. The topological polar surface area (TPSA) is 84.0 Å². The highest BCUT2D eigenvalue weighted by Gasteiger charge is 2.18. The molecule has 0 spiro atoms. The van der Waals surface area contributed by atoms with Crippen LogP contribution < -0.4 is 4.74 Å². The molecule has 2 heterocycles. The Morgan fingerprint density at radius 3 is 3.00 bits per heavy atom. The molecule has 0 atom stereocenters. The van der Waals surface area contributed by atoms with Gasteiger partial charge in [-0.05, 0) is 59.5 Å². The molecule has 6 nitrogen and oxygen atoms in total. The zero-order chi connectivity index (χ0) is 17.8. The minimum Gasteiger partial charge on any atom is -0.503 e. The molecule has 1 aromatic carbocycles. The van der Waals surface area contributed by atoms with Crippen LogP contribution in [0.15, 0.2) is 16.6 Å². The third-order valence-electron chi connectivity index (χ3n) is 4.13. The number of nitrogens with zero attached hydrogens (tertiary/aromatic N) is 4. The number of rotatable bonds is 4. The molecule has 0 unspecified atom stereocenters. The van der Waals surface area contributed by atoms with Crippen molar-refractivity contribution in [1.82, 2.24) is 14.8 Å². The van der Waals surface area contributed by atoms with Crippen molar-refractivity contribution < 1.29 is 9.84 Å². The molecule has 1 aliphatic heterocycles. The molecule has 0 bridgehead atoms. The van der Waals surface area contributed by atoms with Gasteiger partial charge in [-0.25, -0.2) is 0 Å². The van der Waals surface area contributed by atoms with Crippen LogP contribution in [0.3, 0.4) is 0 Å². The molecule has 7 heteroatoms. The van der Waals surface area contributed by atoms with Crippen molar-refractivity contribution in [3.05, 3.63) is 33.8 Å². The Morgan fingerprint density at radius 1 is 1.40 bits per heavy atom. The van der Waals surface area contributed by atoms with Gasteiger partial charge in [0.05, 0.1) is 16.7 Å². The first kappa shape index (κ1) is 17.5. The summed E-state index contributed by atoms with van der Waals surface area (Å²) in [5.74, 6) is 1.96. The van der Waals surface area contributed by atoms with Gasteiger partial charge in [-0.2, -0.15) is 5.26 Å². The molecule has 0 amide bonds. The first-order chi connectivity index (χ1) is 12.1. The van der Waals surface area contributed by atoms with Gasteiger partial charge in [-0.3, -0.25) is 0 Å². The summed E-state index contributed by atoms with van der Waals surface area (Å²) in [6.45, 7) is 3.12. The first-order valence-electron chi connectivity index (χ1n) is 8.33. The fourth-order valence-corrected chi connectivity index (χ4v) is 3.40. The highest BCUT2D eigenvalue weighted by atomic mass is 79.9. The van der Waals surface area contributed by atoms with Crippen molar-refractivity contribution in [2.24, 2.45) is 0 Å². The maximum atomic E-state index is 10.0. The van der Waals surface area contributed by atoms with Crippen LogP contribution in [-0.4, -0.2) is 26.5 Å². The van der Waals surface area contributed by atoms with Gasteiger partial charge in [0.15, 0.2) is 17.3 Å². The Labute approximate surface area is 154 Å². The molecule has 2 aromatic rings. The number of hydrogen-bond donors (Lipinski definition) is 1. The van der Waals surface area contributed by atoms with E-state index in [1.807, 2.05) is 11.5 Å². The highest BCUT2D eigenvalue weighted by Crippen LogP contribution is 2.36. The summed E-state index contributed by atoms with van der Waals surface area (Å²) < 4.78 is 8.00. The molecule has 3 rings (SSSR count). The number of aromatic nitrogens is 3. The van der Waals surface area contributed by atoms with Crippen molar-refractivity contribution >= 4 is 27.6 Å². The number of fused-ring (bicyclic) bond motifs is 1. The quantitative estimate of drug-likeness (QED) is 0.782. The van der Waals surface area contributed by atoms with Crippen LogP contribution in [0.1, 0.15) is 43.4 Å². The van der Waals surface area contributed by atoms with E-state index >= 15 is 0 Å². The van der Waals surface area contributed by atoms with Crippen molar-refractivity contribution in [3.63, 3.8) is 0 Å². The van der Waals surface area contributed by atoms with E-state index in [1.54, 1.807) is 18.2 Å². The van der Waals surface area contributed by atoms with Crippen molar-refractivity contribution in [2.75, 3.05) is 6.61 Å². The predicted molar refractivity (Wildman–Crippen MR) is 98.0 cm³/mol. The molecule has 1 N–H and O–H groups in total. The van der Waals surface area contributed by atoms with E-state index < -0.39 is 0 Å². The number of halogens is 1. The molecule has 0 aliphatic carbocycles. The molecular weight excluding hydrogens is 384 g/mol. The highest BCUT2D eigenvalue weighted by molar-refractivity contribution is 9.10. The molecule has 130 valence electrons. The number of phenols is 1. The smallest absolute Gasteiger partial charge is 0.174 e. The third kappa shape index (κ3) is 3.69. The third-order valence-corrected chi connectivity index (χ3v) is 4.74. The monoisotopic (exact) mass is 402 g/mol. The Kier molecular flexibility index (Phi) is 5.39. The molecule has 1 aromatic heterocycles. The standard InChI is InChI=1S/C18H19BrN4O2/c1-2-25-15-10-12(9-14(19)17(15)24)8-13(11-20)18-22-21-16-6-4-3-5-7-23(16)18/h8-10,24H,2-7H2,1H3/b13-8+. The van der Waals surface area contributed by atoms with Crippen LogP contribution in [-0.2, 0) is 13.0 Å². The zero-order valence-corrected chi connectivity index (χ0v) is 15.6. The van der Waals surface area contributed by atoms with Crippen LogP contribution in [0.25, 0.3) is 11.6 Å². The molecule has 25 heavy (non-hydrogen) atoms. The van der Waals surface area contributed by atoms with Gasteiger partial charge in [0.2, 0.25) is 0 Å². The van der Waals surface area contributed by atoms with E-state index in [0.717, 1.165) is 43.6 Å². The average Bonchev–Trinajstić information content (AvgIpc) is 2.85. The molecule has 0 fully saturated rings. The van der Waals surface area contributed by atoms with Gasteiger partial charge < -0.3 is 14.4 Å². The second kappa shape index (κ2) is 7.70. The van der Waals surface area contributed by atoms with Crippen LogP contribution >= 0.6 is 15.9 Å². The molecule has 1 aliphatic rings. The number of aryl methyl sites for hydroxylation is 1. The first-order valence-corrected chi connectivity index (χ1v) is 9.13. The average molecular weight is 403 g/mol. The van der Waals surface area contributed by atoms with E-state index in [2.05, 4.69) is 32.2 Å². The molecule has 0 radical (unpaired) electrons. The van der Waals surface area contributed by atoms with Gasteiger partial charge in [-0.15, -0.1) is 10.2 Å². The van der Waals surface area contributed by atoms with Gasteiger partial charge >= 0.3 is 0 Å². The van der Waals surface area contributed by atoms with E-state index in [0.29, 0.717) is 28.2 Å². The normalized spacial score (nSPS) is 14.5. The fourth-order valence-electron chi connectivity index (χ4n) is 2.94. The van der Waals surface area contributed by atoms with E-state index in [4.69, 9.17) is 4.74 Å². The van der Waals surface area contributed by atoms with Gasteiger partial charge in [0, 0.05) is 13.0 Å². The molecule has 0 saturated carbocycles. The minimum atomic E-state index is 0.0499. The number of aromatic hydroxyl groups is 1. The lowest BCUT2D eigenvalue weighted by atomic mass is 10.1. The van der Waals surface area contributed by atoms with Gasteiger partial charge in [0.25, 0.3) is 0 Å². The summed E-state index contributed by atoms with van der Waals surface area (Å²) in [5.41, 5.74) is 1.19. The minimum absolute atomic E-state index is 0.0499. The summed E-state index contributed by atoms with van der Waals surface area (Å²) >= 11 is 3.32. The number of phenolic OH excluding ortho intramolecular Hbond substituents is 1. The largest absolute Gasteiger partial charge is 0.503 e. The fraction of sp³-hybridized carbons (Fsp3) is 0.389. The summed E-state index contributed by atoms with van der Waals surface area (Å²) in [6.07, 6.45) is 5.97. The van der Waals surface area contributed by atoms with Crippen LogP contribution in [0.5, 0.6) is 11.5 Å². The lowest BCUT2D eigenvalue weighted by Crippen LogP contribution is -2.05. The number of hydrogen-bond acceptors (Lipinski definition) is 5. The Balaban J connectivity index is 2.02. The number of benzene rings is 1. The van der Waals surface area contributed by atoms with E-state index in [9.17, 15) is 10.4 Å². The van der Waals surface area contributed by atoms with Gasteiger partial charge in [-0.1, -0.05) is 6.42 Å². The number of allylic oxidation sites excluding steroid dienone is 1.